The molecule has 0 aromatic heterocycles. The number of nitrogens with one attached hydrogen (secondary N) is 1. The molecule has 1 aromatic carbocycles. The summed E-state index contributed by atoms with van der Waals surface area (Å²) in [7, 11) is 1.59. The Hall–Kier alpha value is -2.08. The number of carbonyl (C=O) groups excluding carboxylic acids is 2. The van der Waals surface area contributed by atoms with Crippen LogP contribution in [0.3, 0.4) is 0 Å². The zero-order valence-corrected chi connectivity index (χ0v) is 10.1. The van der Waals surface area contributed by atoms with Crippen LogP contribution in [0, 0.1) is 0 Å². The van der Waals surface area contributed by atoms with Crippen molar-refractivity contribution >= 4 is 11.9 Å². The van der Waals surface area contributed by atoms with Crippen molar-refractivity contribution in [3.63, 3.8) is 0 Å². The highest BCUT2D eigenvalue weighted by atomic mass is 16.5. The summed E-state index contributed by atoms with van der Waals surface area (Å²) in [5, 5.41) is 2.25. The van der Waals surface area contributed by atoms with Gasteiger partial charge in [-0.3, -0.25) is 10.1 Å². The summed E-state index contributed by atoms with van der Waals surface area (Å²) in [6.45, 7) is 0.365. The lowest BCUT2D eigenvalue weighted by Crippen LogP contribution is -2.57. The van der Waals surface area contributed by atoms with E-state index in [9.17, 15) is 9.59 Å². The van der Waals surface area contributed by atoms with Crippen molar-refractivity contribution in [1.29, 1.82) is 0 Å². The number of benzene rings is 1. The zero-order valence-electron chi connectivity index (χ0n) is 10.1. The second-order valence-electron chi connectivity index (χ2n) is 4.10. The molecule has 0 saturated carbocycles. The van der Waals surface area contributed by atoms with Gasteiger partial charge in [0.2, 0.25) is 5.91 Å². The molecule has 0 radical (unpaired) electrons. The van der Waals surface area contributed by atoms with Crippen molar-refractivity contribution in [3.05, 3.63) is 29.8 Å². The maximum atomic E-state index is 11.6. The normalized spacial score (nSPS) is 19.7. The molecule has 96 valence electrons. The van der Waals surface area contributed by atoms with Gasteiger partial charge in [-0.2, -0.15) is 0 Å². The smallest absolute Gasteiger partial charge is 0.325 e. The van der Waals surface area contributed by atoms with E-state index in [0.29, 0.717) is 6.54 Å². The Balaban J connectivity index is 2.07. The predicted octanol–water partition coefficient (Wildman–Crippen LogP) is 0.422. The van der Waals surface area contributed by atoms with Gasteiger partial charge in [-0.05, 0) is 17.7 Å². The summed E-state index contributed by atoms with van der Waals surface area (Å²) in [5.41, 5.74) is 6.71. The third-order valence-electron chi connectivity index (χ3n) is 2.81. The predicted molar refractivity (Wildman–Crippen MR) is 64.7 cm³/mol. The number of imide groups is 1. The molecule has 3 amide bonds. The monoisotopic (exact) mass is 249 g/mol. The Bertz CT molecular complexity index is 458. The van der Waals surface area contributed by atoms with Gasteiger partial charge in [0.05, 0.1) is 19.7 Å². The number of nitrogens with two attached hydrogens (primary N) is 1. The van der Waals surface area contributed by atoms with Crippen molar-refractivity contribution in [3.8, 4) is 5.75 Å². The van der Waals surface area contributed by atoms with Crippen LogP contribution in [-0.2, 0) is 11.3 Å². The summed E-state index contributed by atoms with van der Waals surface area (Å²) in [5.74, 6) is 0.416. The van der Waals surface area contributed by atoms with Crippen LogP contribution in [0.1, 0.15) is 12.0 Å². The molecule has 3 N–H and O–H groups in total. The highest BCUT2D eigenvalue weighted by Crippen LogP contribution is 2.15. The first-order valence-electron chi connectivity index (χ1n) is 5.59. The largest absolute Gasteiger partial charge is 0.497 e. The number of hydrogen-bond donors (Lipinski definition) is 2. The quantitative estimate of drug-likeness (QED) is 0.813. The Morgan fingerprint density at radius 1 is 1.39 bits per heavy atom. The summed E-state index contributed by atoms with van der Waals surface area (Å²) in [6, 6.07) is 6.89. The molecule has 1 saturated heterocycles. The van der Waals surface area contributed by atoms with Crippen LogP contribution in [0.4, 0.5) is 4.79 Å². The number of carbonyl (C=O) groups is 2. The Kier molecular flexibility index (Phi) is 3.47. The van der Waals surface area contributed by atoms with E-state index in [2.05, 4.69) is 5.32 Å². The van der Waals surface area contributed by atoms with Gasteiger partial charge < -0.3 is 15.4 Å². The molecule has 1 heterocycles. The zero-order chi connectivity index (χ0) is 13.1. The van der Waals surface area contributed by atoms with E-state index >= 15 is 0 Å². The van der Waals surface area contributed by atoms with E-state index in [1.165, 1.54) is 4.90 Å². The van der Waals surface area contributed by atoms with Crippen molar-refractivity contribution in [1.82, 2.24) is 10.2 Å². The molecule has 1 atom stereocenters. The first kappa shape index (κ1) is 12.4. The van der Waals surface area contributed by atoms with Gasteiger partial charge >= 0.3 is 6.03 Å². The average molecular weight is 249 g/mol. The maximum absolute atomic E-state index is 11.6. The Morgan fingerprint density at radius 3 is 2.61 bits per heavy atom. The summed E-state index contributed by atoms with van der Waals surface area (Å²) < 4.78 is 5.05. The van der Waals surface area contributed by atoms with E-state index < -0.39 is 12.2 Å². The second-order valence-corrected chi connectivity index (χ2v) is 4.10. The number of ether oxygens (including phenoxy) is 1. The van der Waals surface area contributed by atoms with Gasteiger partial charge in [0.1, 0.15) is 5.75 Å². The minimum Gasteiger partial charge on any atom is -0.497 e. The molecular formula is C12H15N3O3. The van der Waals surface area contributed by atoms with Crippen molar-refractivity contribution < 1.29 is 14.3 Å². The van der Waals surface area contributed by atoms with Crippen LogP contribution < -0.4 is 15.8 Å². The topological polar surface area (TPSA) is 84.7 Å². The first-order valence-corrected chi connectivity index (χ1v) is 5.59. The van der Waals surface area contributed by atoms with Crippen LogP contribution in [0.25, 0.3) is 0 Å². The number of amides is 3. The highest BCUT2D eigenvalue weighted by Gasteiger charge is 2.29. The van der Waals surface area contributed by atoms with Crippen molar-refractivity contribution in [2.24, 2.45) is 5.73 Å². The fraction of sp³-hybridized carbons (Fsp3) is 0.333. The van der Waals surface area contributed by atoms with Crippen LogP contribution in [0.2, 0.25) is 0 Å². The molecule has 1 unspecified atom stereocenters. The average Bonchev–Trinajstić information content (AvgIpc) is 2.34. The molecule has 2 rings (SSSR count). The molecule has 0 bridgehead atoms. The number of rotatable bonds is 3. The number of methoxy groups -OCH3 is 1. The van der Waals surface area contributed by atoms with Crippen LogP contribution in [0.15, 0.2) is 24.3 Å². The van der Waals surface area contributed by atoms with E-state index in [0.717, 1.165) is 11.3 Å². The maximum Gasteiger partial charge on any atom is 0.325 e. The van der Waals surface area contributed by atoms with Gasteiger partial charge in [0.25, 0.3) is 0 Å². The lowest BCUT2D eigenvalue weighted by Gasteiger charge is -2.32. The van der Waals surface area contributed by atoms with Crippen molar-refractivity contribution in [2.75, 3.05) is 7.11 Å². The van der Waals surface area contributed by atoms with Crippen LogP contribution >= 0.6 is 0 Å². The molecule has 0 aliphatic carbocycles. The summed E-state index contributed by atoms with van der Waals surface area (Å²) in [4.78, 5) is 24.2. The van der Waals surface area contributed by atoms with E-state index in [1.54, 1.807) is 7.11 Å². The molecule has 6 nitrogen and oxygen atoms in total. The molecular weight excluding hydrogens is 234 g/mol. The van der Waals surface area contributed by atoms with Gasteiger partial charge in [-0.1, -0.05) is 12.1 Å². The highest BCUT2D eigenvalue weighted by molar-refractivity contribution is 5.97. The van der Waals surface area contributed by atoms with Crippen LogP contribution in [0.5, 0.6) is 5.75 Å². The number of hydrogen-bond acceptors (Lipinski definition) is 4. The Labute approximate surface area is 105 Å². The minimum absolute atomic E-state index is 0.127. The van der Waals surface area contributed by atoms with Gasteiger partial charge in [0, 0.05) is 6.54 Å². The van der Waals surface area contributed by atoms with Gasteiger partial charge in [-0.15, -0.1) is 0 Å². The van der Waals surface area contributed by atoms with E-state index in [1.807, 2.05) is 24.3 Å². The fourth-order valence-electron chi connectivity index (χ4n) is 1.81. The van der Waals surface area contributed by atoms with E-state index in [4.69, 9.17) is 10.5 Å². The number of urea groups is 1. The minimum atomic E-state index is -0.576. The molecule has 0 spiro atoms. The SMILES string of the molecule is COc1ccc(CN2C(=O)NC(=O)CC2N)cc1. The Morgan fingerprint density at radius 2 is 2.06 bits per heavy atom. The molecule has 1 aromatic rings. The standard InChI is InChI=1S/C12H15N3O3/c1-18-9-4-2-8(3-5-9)7-15-10(13)6-11(16)14-12(15)17/h2-5,10H,6-7,13H2,1H3,(H,14,16,17). The lowest BCUT2D eigenvalue weighted by atomic mass is 10.1. The van der Waals surface area contributed by atoms with Crippen LogP contribution in [-0.4, -0.2) is 30.1 Å². The van der Waals surface area contributed by atoms with E-state index in [-0.39, 0.29) is 12.3 Å². The number of nitrogens with zero attached hydrogens (tertiary/aromatic N) is 1. The summed E-state index contributed by atoms with van der Waals surface area (Å²) >= 11 is 0. The second kappa shape index (κ2) is 5.05. The molecule has 1 aliphatic rings. The molecule has 1 aliphatic heterocycles. The lowest BCUT2D eigenvalue weighted by molar-refractivity contribution is -0.122. The molecule has 18 heavy (non-hydrogen) atoms. The molecule has 6 heteroatoms. The third kappa shape index (κ3) is 2.60. The first-order chi connectivity index (χ1) is 8.60. The molecule has 1 fully saturated rings. The fourth-order valence-corrected chi connectivity index (χ4v) is 1.81. The summed E-state index contributed by atoms with van der Waals surface area (Å²) in [6.07, 6.45) is -0.449. The van der Waals surface area contributed by atoms with Crippen molar-refractivity contribution in [2.45, 2.75) is 19.1 Å². The van der Waals surface area contributed by atoms with Gasteiger partial charge in [-0.25, -0.2) is 4.79 Å². The third-order valence-corrected chi connectivity index (χ3v) is 2.81. The van der Waals surface area contributed by atoms with Gasteiger partial charge in [0.15, 0.2) is 0 Å².